The van der Waals surface area contributed by atoms with Crippen molar-refractivity contribution < 1.29 is 13.9 Å². The van der Waals surface area contributed by atoms with Crippen LogP contribution in [0.3, 0.4) is 0 Å². The van der Waals surface area contributed by atoms with E-state index in [0.717, 1.165) is 28.6 Å². The van der Waals surface area contributed by atoms with Gasteiger partial charge in [-0.25, -0.2) is 4.98 Å². The van der Waals surface area contributed by atoms with Crippen LogP contribution in [0.1, 0.15) is 37.3 Å². The van der Waals surface area contributed by atoms with Crippen LogP contribution in [0.2, 0.25) is 5.02 Å². The number of oxazole rings is 1. The quantitative estimate of drug-likeness (QED) is 0.331. The molecule has 4 aromatic rings. The van der Waals surface area contributed by atoms with E-state index in [0.29, 0.717) is 28.3 Å². The molecule has 1 N–H and O–H groups in total. The highest BCUT2D eigenvalue weighted by Crippen LogP contribution is 2.31. The number of aryl methyl sites for hydroxylation is 1. The second-order valence-electron chi connectivity index (χ2n) is 7.90. The van der Waals surface area contributed by atoms with Gasteiger partial charge in [-0.05, 0) is 67.3 Å². The Morgan fingerprint density at radius 1 is 1.12 bits per heavy atom. The van der Waals surface area contributed by atoms with Crippen molar-refractivity contribution in [1.29, 1.82) is 0 Å². The molecule has 1 atom stereocenters. The molecule has 32 heavy (non-hydrogen) atoms. The maximum atomic E-state index is 12.4. The summed E-state index contributed by atoms with van der Waals surface area (Å²) in [7, 11) is 0. The third kappa shape index (κ3) is 4.94. The highest BCUT2D eigenvalue weighted by Gasteiger charge is 2.14. The van der Waals surface area contributed by atoms with Gasteiger partial charge in [-0.1, -0.05) is 49.2 Å². The molecule has 0 aliphatic rings. The first-order valence-corrected chi connectivity index (χ1v) is 11.0. The molecule has 3 aromatic carbocycles. The predicted molar refractivity (Wildman–Crippen MR) is 128 cm³/mol. The lowest BCUT2D eigenvalue weighted by Crippen LogP contribution is -2.20. The van der Waals surface area contributed by atoms with E-state index in [1.165, 1.54) is 5.56 Å². The predicted octanol–water partition coefficient (Wildman–Crippen LogP) is 6.99. The monoisotopic (exact) mass is 448 g/mol. The topological polar surface area (TPSA) is 64.4 Å². The normalized spacial score (nSPS) is 12.0. The van der Waals surface area contributed by atoms with Crippen LogP contribution in [0.4, 0.5) is 5.69 Å². The number of nitrogens with zero attached hydrogens (tertiary/aromatic N) is 1. The highest BCUT2D eigenvalue weighted by atomic mass is 35.5. The number of aromatic nitrogens is 1. The summed E-state index contributed by atoms with van der Waals surface area (Å²) in [5, 5.41) is 3.23. The van der Waals surface area contributed by atoms with Crippen molar-refractivity contribution in [2.45, 2.75) is 33.1 Å². The van der Waals surface area contributed by atoms with Crippen LogP contribution in [-0.2, 0) is 4.79 Å². The molecular formula is C26H25ClN2O3. The molecule has 6 heteroatoms. The van der Waals surface area contributed by atoms with Gasteiger partial charge in [0.25, 0.3) is 5.91 Å². The zero-order chi connectivity index (χ0) is 22.7. The average Bonchev–Trinajstić information content (AvgIpc) is 3.23. The summed E-state index contributed by atoms with van der Waals surface area (Å²) < 4.78 is 11.5. The van der Waals surface area contributed by atoms with E-state index in [2.05, 4.69) is 36.3 Å². The fourth-order valence-electron chi connectivity index (χ4n) is 3.33. The largest absolute Gasteiger partial charge is 0.484 e. The molecule has 0 aliphatic heterocycles. The summed E-state index contributed by atoms with van der Waals surface area (Å²) in [6.07, 6.45) is 1.06. The highest BCUT2D eigenvalue weighted by molar-refractivity contribution is 6.33. The van der Waals surface area contributed by atoms with Crippen LogP contribution in [0.25, 0.3) is 22.6 Å². The van der Waals surface area contributed by atoms with Crippen molar-refractivity contribution >= 4 is 34.3 Å². The van der Waals surface area contributed by atoms with Crippen molar-refractivity contribution in [3.8, 4) is 17.2 Å². The first-order chi connectivity index (χ1) is 15.4. The number of nitrogens with one attached hydrogen (secondary N) is 1. The van der Waals surface area contributed by atoms with E-state index in [4.69, 9.17) is 20.8 Å². The van der Waals surface area contributed by atoms with Gasteiger partial charge >= 0.3 is 0 Å². The Morgan fingerprint density at radius 2 is 1.91 bits per heavy atom. The minimum atomic E-state index is -0.305. The molecule has 0 radical (unpaired) electrons. The maximum Gasteiger partial charge on any atom is 0.262 e. The molecule has 1 amide bonds. The number of hydrogen-bond acceptors (Lipinski definition) is 4. The number of fused-ring (bicyclic) bond motifs is 1. The number of hydrogen-bond donors (Lipinski definition) is 1. The van der Waals surface area contributed by atoms with Gasteiger partial charge in [0.05, 0.1) is 10.7 Å². The molecule has 5 nitrogen and oxygen atoms in total. The number of ether oxygens (including phenoxy) is 1. The zero-order valence-corrected chi connectivity index (χ0v) is 19.1. The Balaban J connectivity index is 1.50. The molecule has 0 fully saturated rings. The molecule has 0 spiro atoms. The summed E-state index contributed by atoms with van der Waals surface area (Å²) in [5.74, 6) is 1.26. The zero-order valence-electron chi connectivity index (χ0n) is 18.3. The number of benzene rings is 3. The second kappa shape index (κ2) is 9.45. The summed E-state index contributed by atoms with van der Waals surface area (Å²) in [6.45, 7) is 6.23. The fourth-order valence-corrected chi connectivity index (χ4v) is 3.50. The van der Waals surface area contributed by atoms with E-state index < -0.39 is 0 Å². The van der Waals surface area contributed by atoms with E-state index in [1.807, 2.05) is 43.3 Å². The number of anilines is 1. The summed E-state index contributed by atoms with van der Waals surface area (Å²) >= 11 is 6.31. The third-order valence-electron chi connectivity index (χ3n) is 5.47. The summed E-state index contributed by atoms with van der Waals surface area (Å²) in [4.78, 5) is 17.0. The van der Waals surface area contributed by atoms with Gasteiger partial charge in [-0.3, -0.25) is 4.79 Å². The van der Waals surface area contributed by atoms with Gasteiger partial charge < -0.3 is 14.5 Å². The standard InChI is InChI=1S/C26H25ClN2O3/c1-4-17(3)18-8-12-24-23(13-18)29-26(32-24)19-7-11-21(27)22(14-19)28-25(30)15-31-20-9-5-16(2)6-10-20/h5-14,17H,4,15H2,1-3H3,(H,28,30). The Hall–Kier alpha value is -3.31. The lowest BCUT2D eigenvalue weighted by atomic mass is 9.98. The van der Waals surface area contributed by atoms with Gasteiger partial charge in [0, 0.05) is 5.56 Å². The van der Waals surface area contributed by atoms with Crippen LogP contribution >= 0.6 is 11.6 Å². The van der Waals surface area contributed by atoms with E-state index in [1.54, 1.807) is 12.1 Å². The summed E-state index contributed by atoms with van der Waals surface area (Å²) in [6, 6.07) is 18.9. The average molecular weight is 449 g/mol. The molecule has 0 bridgehead atoms. The van der Waals surface area contributed by atoms with E-state index >= 15 is 0 Å². The molecule has 0 aliphatic carbocycles. The number of amides is 1. The molecule has 4 rings (SSSR count). The SMILES string of the molecule is CCC(C)c1ccc2oc(-c3ccc(Cl)c(NC(=O)COc4ccc(C)cc4)c3)nc2c1. The van der Waals surface area contributed by atoms with Crippen molar-refractivity contribution in [1.82, 2.24) is 4.98 Å². The molecule has 1 heterocycles. The molecular weight excluding hydrogens is 424 g/mol. The molecule has 1 unspecified atom stereocenters. The molecule has 0 saturated heterocycles. The third-order valence-corrected chi connectivity index (χ3v) is 5.80. The number of rotatable bonds is 7. The molecule has 1 aromatic heterocycles. The van der Waals surface area contributed by atoms with Gasteiger partial charge in [0.2, 0.25) is 5.89 Å². The molecule has 164 valence electrons. The Morgan fingerprint density at radius 3 is 2.66 bits per heavy atom. The van der Waals surface area contributed by atoms with Crippen LogP contribution in [-0.4, -0.2) is 17.5 Å². The Bertz CT molecular complexity index is 1250. The maximum absolute atomic E-state index is 12.4. The van der Waals surface area contributed by atoms with E-state index in [-0.39, 0.29) is 12.5 Å². The van der Waals surface area contributed by atoms with E-state index in [9.17, 15) is 4.79 Å². The first-order valence-electron chi connectivity index (χ1n) is 10.6. The minimum Gasteiger partial charge on any atom is -0.484 e. The first kappa shape index (κ1) is 21.9. The van der Waals surface area contributed by atoms with Crippen LogP contribution < -0.4 is 10.1 Å². The number of halogens is 1. The van der Waals surface area contributed by atoms with Crippen molar-refractivity contribution in [2.24, 2.45) is 0 Å². The van der Waals surface area contributed by atoms with Gasteiger partial charge in [0.15, 0.2) is 12.2 Å². The second-order valence-corrected chi connectivity index (χ2v) is 8.31. The molecule has 0 saturated carbocycles. The lowest BCUT2D eigenvalue weighted by molar-refractivity contribution is -0.118. The van der Waals surface area contributed by atoms with Gasteiger partial charge in [-0.15, -0.1) is 0 Å². The number of carbonyl (C=O) groups excluding carboxylic acids is 1. The van der Waals surface area contributed by atoms with Crippen LogP contribution in [0.15, 0.2) is 65.1 Å². The van der Waals surface area contributed by atoms with Crippen LogP contribution in [0.5, 0.6) is 5.75 Å². The Labute approximate surface area is 192 Å². The van der Waals surface area contributed by atoms with Crippen molar-refractivity contribution in [2.75, 3.05) is 11.9 Å². The number of carbonyl (C=O) groups is 1. The van der Waals surface area contributed by atoms with Crippen molar-refractivity contribution in [3.05, 3.63) is 76.8 Å². The van der Waals surface area contributed by atoms with Gasteiger partial charge in [0.1, 0.15) is 11.3 Å². The Kier molecular flexibility index (Phi) is 6.47. The van der Waals surface area contributed by atoms with Gasteiger partial charge in [-0.2, -0.15) is 0 Å². The lowest BCUT2D eigenvalue weighted by Gasteiger charge is -2.10. The fraction of sp³-hybridized carbons (Fsp3) is 0.231. The van der Waals surface area contributed by atoms with Crippen LogP contribution in [0, 0.1) is 6.92 Å². The van der Waals surface area contributed by atoms with Crippen molar-refractivity contribution in [3.63, 3.8) is 0 Å². The minimum absolute atomic E-state index is 0.120. The summed E-state index contributed by atoms with van der Waals surface area (Å²) in [5.41, 5.74) is 5.09. The smallest absolute Gasteiger partial charge is 0.262 e.